The predicted octanol–water partition coefficient (Wildman–Crippen LogP) is 5.02. The third-order valence-corrected chi connectivity index (χ3v) is 9.95. The van der Waals surface area contributed by atoms with Crippen molar-refractivity contribution in [1.82, 2.24) is 15.0 Å². The van der Waals surface area contributed by atoms with Gasteiger partial charge in [-0.05, 0) is 77.8 Å². The zero-order valence-corrected chi connectivity index (χ0v) is 28.5. The maximum absolute atomic E-state index is 14.4. The summed E-state index contributed by atoms with van der Waals surface area (Å²) in [6.07, 6.45) is 2.13. The number of aromatic nitrogens is 1. The maximum Gasteiger partial charge on any atom is 0.267 e. The summed E-state index contributed by atoms with van der Waals surface area (Å²) in [5.41, 5.74) is 1.84. The molecule has 0 saturated heterocycles. The molecule has 0 aliphatic carbocycles. The highest BCUT2D eigenvalue weighted by atomic mass is 32.2. The molecule has 2 heterocycles. The fourth-order valence-electron chi connectivity index (χ4n) is 5.78. The van der Waals surface area contributed by atoms with Gasteiger partial charge in [-0.1, -0.05) is 42.4 Å². The van der Waals surface area contributed by atoms with Crippen molar-refractivity contribution >= 4 is 21.6 Å². The first-order valence-corrected chi connectivity index (χ1v) is 17.4. The largest absolute Gasteiger partial charge is 0.490 e. The number of benzene rings is 2. The Morgan fingerprint density at radius 3 is 2.54 bits per heavy atom. The molecule has 2 N–H and O–H groups in total. The first-order valence-electron chi connectivity index (χ1n) is 15.9. The van der Waals surface area contributed by atoms with E-state index in [2.05, 4.69) is 40.9 Å². The van der Waals surface area contributed by atoms with Gasteiger partial charge < -0.3 is 24.0 Å². The van der Waals surface area contributed by atoms with Crippen LogP contribution in [0.25, 0.3) is 0 Å². The van der Waals surface area contributed by atoms with Crippen LogP contribution in [0.1, 0.15) is 67.4 Å². The Kier molecular flexibility index (Phi) is 12.2. The highest BCUT2D eigenvalue weighted by Gasteiger charge is 2.31. The number of carbonyl (C=O) groups excluding carboxylic acids is 1. The van der Waals surface area contributed by atoms with Gasteiger partial charge in [0, 0.05) is 37.8 Å². The third kappa shape index (κ3) is 9.09. The molecule has 0 fully saturated rings. The summed E-state index contributed by atoms with van der Waals surface area (Å²) < 4.78 is 47.0. The molecule has 0 saturated carbocycles. The lowest BCUT2D eigenvalue weighted by atomic mass is 10.0. The standard InChI is InChI=1S/C34H48N4O7S/c1-23-19-38(24(2)22-39)34(40)30-18-29(36-46(41,42)33-26(4)35-45-27(33)5)15-16-31(30)44-25(3)12-10-11-17-43-32(23)21-37(6)20-28-13-8-7-9-14-28/h7-9,13-16,18,23-25,32,36,39H,10-12,17,19-22H2,1-6H3/t23-,24+,25+,32+/m1/s1. The van der Waals surface area contributed by atoms with E-state index >= 15 is 0 Å². The molecule has 3 aromatic rings. The van der Waals surface area contributed by atoms with E-state index in [4.69, 9.17) is 14.0 Å². The lowest BCUT2D eigenvalue weighted by Crippen LogP contribution is -2.47. The van der Waals surface area contributed by atoms with Crippen LogP contribution in [0.4, 0.5) is 5.69 Å². The lowest BCUT2D eigenvalue weighted by Gasteiger charge is -2.36. The van der Waals surface area contributed by atoms with Crippen LogP contribution in [0.2, 0.25) is 0 Å². The SMILES string of the molecule is Cc1noc(C)c1S(=O)(=O)Nc1ccc2c(c1)C(=O)N([C@@H](C)CO)C[C@@H](C)[C@H](CN(C)Cc1ccccc1)OCCCC[C@H](C)O2. The third-order valence-electron chi connectivity index (χ3n) is 8.33. The fourth-order valence-corrected chi connectivity index (χ4v) is 7.16. The van der Waals surface area contributed by atoms with Gasteiger partial charge in [0.05, 0.1) is 30.4 Å². The molecular weight excluding hydrogens is 608 g/mol. The molecule has 2 aromatic carbocycles. The molecule has 0 bridgehead atoms. The van der Waals surface area contributed by atoms with Crippen LogP contribution in [-0.2, 0) is 21.3 Å². The van der Waals surface area contributed by atoms with Gasteiger partial charge in [-0.2, -0.15) is 0 Å². The molecule has 1 aliphatic heterocycles. The van der Waals surface area contributed by atoms with Gasteiger partial charge in [-0.3, -0.25) is 14.4 Å². The monoisotopic (exact) mass is 656 g/mol. The minimum Gasteiger partial charge on any atom is -0.490 e. The van der Waals surface area contributed by atoms with Crippen molar-refractivity contribution in [2.24, 2.45) is 5.92 Å². The van der Waals surface area contributed by atoms with Gasteiger partial charge in [-0.15, -0.1) is 0 Å². The van der Waals surface area contributed by atoms with Crippen molar-refractivity contribution in [1.29, 1.82) is 0 Å². The number of nitrogens with zero attached hydrogens (tertiary/aromatic N) is 3. The van der Waals surface area contributed by atoms with Crippen LogP contribution in [0.3, 0.4) is 0 Å². The van der Waals surface area contributed by atoms with E-state index < -0.39 is 16.1 Å². The number of carbonyl (C=O) groups is 1. The van der Waals surface area contributed by atoms with E-state index in [1.165, 1.54) is 18.6 Å². The van der Waals surface area contributed by atoms with Gasteiger partial charge in [0.25, 0.3) is 15.9 Å². The number of aliphatic hydroxyl groups excluding tert-OH is 1. The second kappa shape index (κ2) is 15.9. The summed E-state index contributed by atoms with van der Waals surface area (Å²) in [6, 6.07) is 14.4. The number of fused-ring (bicyclic) bond motifs is 1. The zero-order chi connectivity index (χ0) is 33.4. The second-order valence-corrected chi connectivity index (χ2v) is 14.1. The van der Waals surface area contributed by atoms with E-state index in [0.717, 1.165) is 25.8 Å². The number of likely N-dealkylation sites (N-methyl/N-ethyl adjacent to an activating group) is 1. The highest BCUT2D eigenvalue weighted by Crippen LogP contribution is 2.30. The molecule has 0 unspecified atom stereocenters. The topological polar surface area (TPSA) is 134 Å². The zero-order valence-electron chi connectivity index (χ0n) is 27.7. The lowest BCUT2D eigenvalue weighted by molar-refractivity contribution is -0.0177. The van der Waals surface area contributed by atoms with Gasteiger partial charge >= 0.3 is 0 Å². The van der Waals surface area contributed by atoms with E-state index in [-0.39, 0.29) is 58.2 Å². The molecule has 1 aromatic heterocycles. The number of ether oxygens (including phenoxy) is 2. The number of hydrogen-bond acceptors (Lipinski definition) is 9. The number of rotatable bonds is 9. The van der Waals surface area contributed by atoms with Crippen molar-refractivity contribution in [2.45, 2.75) is 83.6 Å². The molecule has 12 heteroatoms. The average Bonchev–Trinajstić information content (AvgIpc) is 3.37. The highest BCUT2D eigenvalue weighted by molar-refractivity contribution is 7.92. The van der Waals surface area contributed by atoms with Crippen LogP contribution in [0.15, 0.2) is 57.9 Å². The average molecular weight is 657 g/mol. The molecule has 0 spiro atoms. The van der Waals surface area contributed by atoms with Crippen molar-refractivity contribution < 1.29 is 32.3 Å². The Hall–Kier alpha value is -3.45. The van der Waals surface area contributed by atoms with E-state index in [1.54, 1.807) is 30.9 Å². The van der Waals surface area contributed by atoms with E-state index in [1.807, 2.05) is 25.1 Å². The van der Waals surface area contributed by atoms with Gasteiger partial charge in [-0.25, -0.2) is 8.42 Å². The summed E-state index contributed by atoms with van der Waals surface area (Å²) in [4.78, 5) is 18.2. The minimum absolute atomic E-state index is 0.0450. The van der Waals surface area contributed by atoms with Gasteiger partial charge in [0.1, 0.15) is 11.4 Å². The van der Waals surface area contributed by atoms with Crippen LogP contribution >= 0.6 is 0 Å². The van der Waals surface area contributed by atoms with Gasteiger partial charge in [0.2, 0.25) is 0 Å². The van der Waals surface area contributed by atoms with Crippen molar-refractivity contribution in [3.8, 4) is 5.75 Å². The van der Waals surface area contributed by atoms with E-state index in [9.17, 15) is 18.3 Å². The molecular formula is C34H48N4O7S. The number of aryl methyl sites for hydroxylation is 2. The van der Waals surface area contributed by atoms with Crippen LogP contribution < -0.4 is 9.46 Å². The van der Waals surface area contributed by atoms with Crippen LogP contribution in [-0.4, -0.2) is 86.0 Å². The minimum atomic E-state index is -4.05. The molecule has 252 valence electrons. The van der Waals surface area contributed by atoms with Crippen LogP contribution in [0.5, 0.6) is 5.75 Å². The maximum atomic E-state index is 14.4. The number of anilines is 1. The Morgan fingerprint density at radius 2 is 1.87 bits per heavy atom. The van der Waals surface area contributed by atoms with Crippen molar-refractivity contribution in [2.75, 3.05) is 38.1 Å². The first-order chi connectivity index (χ1) is 21.9. The number of nitrogens with one attached hydrogen (secondary N) is 1. The molecule has 4 atom stereocenters. The Balaban J connectivity index is 1.66. The Morgan fingerprint density at radius 1 is 1.13 bits per heavy atom. The van der Waals surface area contributed by atoms with Crippen molar-refractivity contribution in [3.63, 3.8) is 0 Å². The summed E-state index contributed by atoms with van der Waals surface area (Å²) in [5, 5.41) is 14.0. The molecule has 11 nitrogen and oxygen atoms in total. The molecule has 4 rings (SSSR count). The predicted molar refractivity (Wildman–Crippen MR) is 176 cm³/mol. The summed E-state index contributed by atoms with van der Waals surface area (Å²) in [5.74, 6) is 0.0683. The number of sulfonamides is 1. The summed E-state index contributed by atoms with van der Waals surface area (Å²) in [6.45, 7) is 11.0. The number of aliphatic hydroxyl groups is 1. The summed E-state index contributed by atoms with van der Waals surface area (Å²) >= 11 is 0. The second-order valence-electron chi connectivity index (χ2n) is 12.5. The Bertz CT molecular complexity index is 1530. The van der Waals surface area contributed by atoms with Crippen LogP contribution in [0, 0.1) is 19.8 Å². The quantitative estimate of drug-likeness (QED) is 0.326. The number of amides is 1. The molecule has 0 radical (unpaired) electrons. The van der Waals surface area contributed by atoms with E-state index in [0.29, 0.717) is 25.4 Å². The smallest absolute Gasteiger partial charge is 0.267 e. The normalized spacial score (nSPS) is 20.9. The Labute approximate surface area is 272 Å². The number of hydrogen-bond donors (Lipinski definition) is 2. The molecule has 1 aliphatic rings. The fraction of sp³-hybridized carbons (Fsp3) is 0.529. The van der Waals surface area contributed by atoms with Crippen molar-refractivity contribution in [3.05, 3.63) is 71.1 Å². The van der Waals surface area contributed by atoms with Gasteiger partial charge in [0.15, 0.2) is 10.7 Å². The first kappa shape index (κ1) is 35.4. The molecule has 1 amide bonds. The molecule has 46 heavy (non-hydrogen) atoms. The summed E-state index contributed by atoms with van der Waals surface area (Å²) in [7, 11) is -1.99.